The van der Waals surface area contributed by atoms with Gasteiger partial charge < -0.3 is 16.2 Å². The Balaban J connectivity index is 2.44. The van der Waals surface area contributed by atoms with Crippen LogP contribution in [0.5, 0.6) is 0 Å². The van der Waals surface area contributed by atoms with Crippen molar-refractivity contribution in [3.8, 4) is 0 Å². The highest BCUT2D eigenvalue weighted by Gasteiger charge is 2.01. The van der Waals surface area contributed by atoms with Crippen molar-refractivity contribution in [2.24, 2.45) is 0 Å². The first-order chi connectivity index (χ1) is 7.61. The van der Waals surface area contributed by atoms with Crippen LogP contribution in [-0.4, -0.2) is 27.7 Å². The summed E-state index contributed by atoms with van der Waals surface area (Å²) in [5, 5.41) is 12.3. The van der Waals surface area contributed by atoms with Gasteiger partial charge in [-0.1, -0.05) is 6.92 Å². The van der Waals surface area contributed by atoms with Crippen LogP contribution in [0.1, 0.15) is 32.5 Å². The van der Waals surface area contributed by atoms with E-state index in [-0.39, 0.29) is 6.10 Å². The number of hydrogen-bond donors (Lipinski definition) is 3. The monoisotopic (exact) mass is 224 g/mol. The molecule has 0 fully saturated rings. The van der Waals surface area contributed by atoms with Gasteiger partial charge in [-0.3, -0.25) is 0 Å². The Kier molecular flexibility index (Phi) is 4.98. The van der Waals surface area contributed by atoms with Crippen molar-refractivity contribution in [2.75, 3.05) is 17.6 Å². The smallest absolute Gasteiger partial charge is 0.132 e. The highest BCUT2D eigenvalue weighted by molar-refractivity contribution is 5.44. The molecule has 5 nitrogen and oxygen atoms in total. The van der Waals surface area contributed by atoms with Crippen LogP contribution in [0, 0.1) is 0 Å². The fourth-order valence-electron chi connectivity index (χ4n) is 1.38. The highest BCUT2D eigenvalue weighted by Crippen LogP contribution is 2.09. The third-order valence-electron chi connectivity index (χ3n) is 2.21. The number of anilines is 2. The Hall–Kier alpha value is -1.36. The van der Waals surface area contributed by atoms with E-state index in [0.717, 1.165) is 37.4 Å². The Morgan fingerprint density at radius 1 is 1.50 bits per heavy atom. The number of nitrogens with two attached hydrogens (primary N) is 1. The first-order valence-corrected chi connectivity index (χ1v) is 5.67. The molecule has 0 amide bonds. The normalized spacial score (nSPS) is 12.4. The van der Waals surface area contributed by atoms with Gasteiger partial charge in [0.2, 0.25) is 0 Å². The second-order valence-electron chi connectivity index (χ2n) is 3.87. The number of aliphatic hydroxyl groups is 1. The van der Waals surface area contributed by atoms with E-state index in [0.29, 0.717) is 5.82 Å². The molecule has 90 valence electrons. The van der Waals surface area contributed by atoms with Crippen molar-refractivity contribution >= 4 is 11.6 Å². The molecular weight excluding hydrogens is 204 g/mol. The topological polar surface area (TPSA) is 84.1 Å². The average molecular weight is 224 g/mol. The molecule has 0 aliphatic heterocycles. The van der Waals surface area contributed by atoms with Gasteiger partial charge in [0.25, 0.3) is 0 Å². The number of nitrogens with one attached hydrogen (secondary N) is 1. The molecule has 0 bridgehead atoms. The molecule has 1 unspecified atom stereocenters. The first-order valence-electron chi connectivity index (χ1n) is 5.67. The van der Waals surface area contributed by atoms with E-state index in [2.05, 4.69) is 15.3 Å². The van der Waals surface area contributed by atoms with Crippen molar-refractivity contribution in [3.05, 3.63) is 11.9 Å². The van der Waals surface area contributed by atoms with Crippen molar-refractivity contribution in [1.82, 2.24) is 9.97 Å². The summed E-state index contributed by atoms with van der Waals surface area (Å²) >= 11 is 0. The predicted octanol–water partition coefficient (Wildman–Crippen LogP) is 1.19. The number of aliphatic hydroxyl groups excluding tert-OH is 1. The molecule has 1 heterocycles. The van der Waals surface area contributed by atoms with Gasteiger partial charge in [-0.15, -0.1) is 0 Å². The van der Waals surface area contributed by atoms with E-state index in [9.17, 15) is 0 Å². The van der Waals surface area contributed by atoms with E-state index in [1.54, 1.807) is 13.0 Å². The van der Waals surface area contributed by atoms with Gasteiger partial charge >= 0.3 is 0 Å². The van der Waals surface area contributed by atoms with Crippen molar-refractivity contribution in [1.29, 1.82) is 0 Å². The van der Waals surface area contributed by atoms with Gasteiger partial charge in [-0.2, -0.15) is 0 Å². The second-order valence-corrected chi connectivity index (χ2v) is 3.87. The Morgan fingerprint density at radius 2 is 2.25 bits per heavy atom. The molecule has 1 rings (SSSR count). The lowest BCUT2D eigenvalue weighted by atomic mass is 10.2. The van der Waals surface area contributed by atoms with E-state index < -0.39 is 0 Å². The van der Waals surface area contributed by atoms with Crippen LogP contribution in [-0.2, 0) is 6.42 Å². The molecule has 16 heavy (non-hydrogen) atoms. The van der Waals surface area contributed by atoms with Gasteiger partial charge in [-0.25, -0.2) is 9.97 Å². The number of nitrogens with zero attached hydrogens (tertiary/aromatic N) is 2. The maximum atomic E-state index is 9.10. The Bertz CT molecular complexity index is 328. The third kappa shape index (κ3) is 4.44. The molecule has 0 aromatic carbocycles. The number of rotatable bonds is 6. The molecular formula is C11H20N4O. The van der Waals surface area contributed by atoms with Crippen molar-refractivity contribution in [2.45, 2.75) is 39.2 Å². The van der Waals surface area contributed by atoms with Crippen LogP contribution in [0.3, 0.4) is 0 Å². The second kappa shape index (κ2) is 6.27. The summed E-state index contributed by atoms with van der Waals surface area (Å²) in [7, 11) is 0. The summed E-state index contributed by atoms with van der Waals surface area (Å²) in [6.07, 6.45) is 2.22. The fourth-order valence-corrected chi connectivity index (χ4v) is 1.38. The molecule has 0 radical (unpaired) electrons. The fraction of sp³-hybridized carbons (Fsp3) is 0.636. The minimum absolute atomic E-state index is 0.247. The summed E-state index contributed by atoms with van der Waals surface area (Å²) < 4.78 is 0. The SMILES string of the molecule is CCc1nc(N)cc(NCCCC(C)O)n1. The minimum Gasteiger partial charge on any atom is -0.393 e. The molecule has 1 atom stereocenters. The maximum Gasteiger partial charge on any atom is 0.132 e. The quantitative estimate of drug-likeness (QED) is 0.632. The molecule has 1 aromatic rings. The zero-order chi connectivity index (χ0) is 12.0. The van der Waals surface area contributed by atoms with Crippen LogP contribution in [0.4, 0.5) is 11.6 Å². The summed E-state index contributed by atoms with van der Waals surface area (Å²) in [5.74, 6) is 2.00. The Labute approximate surface area is 96.1 Å². The van der Waals surface area contributed by atoms with E-state index in [1.165, 1.54) is 0 Å². The molecule has 5 heteroatoms. The standard InChI is InChI=1S/C11H20N4O/c1-3-10-14-9(12)7-11(15-10)13-6-4-5-8(2)16/h7-8,16H,3-6H2,1-2H3,(H3,12,13,14,15). The molecule has 0 aliphatic rings. The van der Waals surface area contributed by atoms with Crippen LogP contribution in [0.2, 0.25) is 0 Å². The van der Waals surface area contributed by atoms with E-state index in [4.69, 9.17) is 10.8 Å². The molecule has 0 saturated heterocycles. The molecule has 0 saturated carbocycles. The lowest BCUT2D eigenvalue weighted by Crippen LogP contribution is -2.09. The van der Waals surface area contributed by atoms with Crippen LogP contribution >= 0.6 is 0 Å². The number of aryl methyl sites for hydroxylation is 1. The third-order valence-corrected chi connectivity index (χ3v) is 2.21. The number of aromatic nitrogens is 2. The first kappa shape index (κ1) is 12.7. The number of nitrogen functional groups attached to an aromatic ring is 1. The van der Waals surface area contributed by atoms with Gasteiger partial charge in [0.05, 0.1) is 6.10 Å². The van der Waals surface area contributed by atoms with Crippen LogP contribution < -0.4 is 11.1 Å². The summed E-state index contributed by atoms with van der Waals surface area (Å²) in [5.41, 5.74) is 5.66. The van der Waals surface area contributed by atoms with Gasteiger partial charge in [0, 0.05) is 19.0 Å². The summed E-state index contributed by atoms with van der Waals surface area (Å²) in [6, 6.07) is 1.72. The van der Waals surface area contributed by atoms with Gasteiger partial charge in [-0.05, 0) is 19.8 Å². The molecule has 0 spiro atoms. The predicted molar refractivity (Wildman–Crippen MR) is 65.2 cm³/mol. The van der Waals surface area contributed by atoms with Crippen molar-refractivity contribution < 1.29 is 5.11 Å². The van der Waals surface area contributed by atoms with Crippen molar-refractivity contribution in [3.63, 3.8) is 0 Å². The lowest BCUT2D eigenvalue weighted by molar-refractivity contribution is 0.183. The Morgan fingerprint density at radius 3 is 2.88 bits per heavy atom. The largest absolute Gasteiger partial charge is 0.393 e. The van der Waals surface area contributed by atoms with Crippen LogP contribution in [0.15, 0.2) is 6.07 Å². The molecule has 0 aliphatic carbocycles. The lowest BCUT2D eigenvalue weighted by Gasteiger charge is -2.08. The van der Waals surface area contributed by atoms with Gasteiger partial charge in [0.15, 0.2) is 0 Å². The zero-order valence-corrected chi connectivity index (χ0v) is 9.90. The van der Waals surface area contributed by atoms with E-state index in [1.807, 2.05) is 6.92 Å². The molecule has 4 N–H and O–H groups in total. The van der Waals surface area contributed by atoms with Crippen LogP contribution in [0.25, 0.3) is 0 Å². The van der Waals surface area contributed by atoms with E-state index >= 15 is 0 Å². The average Bonchev–Trinajstić information content (AvgIpc) is 2.23. The zero-order valence-electron chi connectivity index (χ0n) is 9.90. The summed E-state index contributed by atoms with van der Waals surface area (Å²) in [4.78, 5) is 8.40. The molecule has 1 aromatic heterocycles. The van der Waals surface area contributed by atoms with Gasteiger partial charge in [0.1, 0.15) is 17.5 Å². The summed E-state index contributed by atoms with van der Waals surface area (Å²) in [6.45, 7) is 4.56. The highest BCUT2D eigenvalue weighted by atomic mass is 16.3. The minimum atomic E-state index is -0.247. The maximum absolute atomic E-state index is 9.10. The number of hydrogen-bond acceptors (Lipinski definition) is 5.